The summed E-state index contributed by atoms with van der Waals surface area (Å²) in [5.74, 6) is 0. The zero-order valence-electron chi connectivity index (χ0n) is 12.6. The molecule has 0 radical (unpaired) electrons. The van der Waals surface area contributed by atoms with E-state index in [1.54, 1.807) is 0 Å². The first-order chi connectivity index (χ1) is 9.58. The molecule has 20 heavy (non-hydrogen) atoms. The number of aliphatic hydroxyl groups excluding tert-OH is 1. The van der Waals surface area contributed by atoms with Gasteiger partial charge in [0.1, 0.15) is 0 Å². The number of carbonyl (C=O) groups is 1. The maximum Gasteiger partial charge on any atom is 0.166 e. The van der Waals surface area contributed by atoms with Crippen molar-refractivity contribution in [2.75, 3.05) is 0 Å². The number of nitrogens with one attached hydrogen (secondary N) is 2. The van der Waals surface area contributed by atoms with Crippen molar-refractivity contribution in [1.82, 2.24) is 9.97 Å². The molecular weight excluding hydrogens is 252 g/mol. The second kappa shape index (κ2) is 5.67. The van der Waals surface area contributed by atoms with Gasteiger partial charge in [0.15, 0.2) is 6.29 Å². The summed E-state index contributed by atoms with van der Waals surface area (Å²) in [6.07, 6.45) is 2.57. The molecule has 0 spiro atoms. The van der Waals surface area contributed by atoms with Gasteiger partial charge in [-0.2, -0.15) is 0 Å². The summed E-state index contributed by atoms with van der Waals surface area (Å²) in [7, 11) is 0. The van der Waals surface area contributed by atoms with Gasteiger partial charge in [0.05, 0.1) is 23.7 Å². The van der Waals surface area contributed by atoms with Crippen molar-refractivity contribution in [3.8, 4) is 11.4 Å². The Morgan fingerprint density at radius 1 is 1.00 bits per heavy atom. The van der Waals surface area contributed by atoms with Gasteiger partial charge in [-0.1, -0.05) is 13.8 Å². The summed E-state index contributed by atoms with van der Waals surface area (Å²) in [6, 6.07) is 0. The lowest BCUT2D eigenvalue weighted by Gasteiger charge is -2.01. The molecule has 2 rings (SSSR count). The van der Waals surface area contributed by atoms with Gasteiger partial charge in [-0.15, -0.1) is 0 Å². The number of hydrogen-bond acceptors (Lipinski definition) is 2. The standard InChI is InChI=1S/C16H22N2O2/c1-5-11-9(3)15(17-13(11)7-19)16-10(4)12(6-2)14(8-20)18-16/h7,17-18,20H,5-6,8H2,1-4H3. The molecule has 4 heteroatoms. The summed E-state index contributed by atoms with van der Waals surface area (Å²) in [5.41, 5.74) is 7.90. The number of rotatable bonds is 5. The number of aliphatic hydroxyl groups is 1. The van der Waals surface area contributed by atoms with Crippen molar-refractivity contribution >= 4 is 6.29 Å². The van der Waals surface area contributed by atoms with Gasteiger partial charge < -0.3 is 15.1 Å². The molecule has 4 nitrogen and oxygen atoms in total. The van der Waals surface area contributed by atoms with Gasteiger partial charge >= 0.3 is 0 Å². The first kappa shape index (κ1) is 14.6. The monoisotopic (exact) mass is 274 g/mol. The number of aromatic amines is 2. The third kappa shape index (κ3) is 2.10. The minimum atomic E-state index is 0.00490. The van der Waals surface area contributed by atoms with E-state index in [9.17, 15) is 9.90 Å². The molecule has 0 aliphatic rings. The minimum absolute atomic E-state index is 0.00490. The predicted octanol–water partition coefficient (Wildman–Crippen LogP) is 3.06. The third-order valence-electron chi connectivity index (χ3n) is 4.11. The maximum atomic E-state index is 11.2. The molecule has 2 aromatic heterocycles. The summed E-state index contributed by atoms with van der Waals surface area (Å²) in [4.78, 5) is 17.7. The number of hydrogen-bond donors (Lipinski definition) is 3. The van der Waals surface area contributed by atoms with Gasteiger partial charge in [-0.25, -0.2) is 0 Å². The molecule has 0 aromatic carbocycles. The van der Waals surface area contributed by atoms with Crippen LogP contribution in [0.2, 0.25) is 0 Å². The molecule has 2 heterocycles. The van der Waals surface area contributed by atoms with Crippen molar-refractivity contribution in [2.45, 2.75) is 47.1 Å². The first-order valence-corrected chi connectivity index (χ1v) is 7.07. The predicted molar refractivity (Wildman–Crippen MR) is 80.1 cm³/mol. The summed E-state index contributed by atoms with van der Waals surface area (Å²) >= 11 is 0. The van der Waals surface area contributed by atoms with Crippen LogP contribution in [0.25, 0.3) is 11.4 Å². The average molecular weight is 274 g/mol. The van der Waals surface area contributed by atoms with Gasteiger partial charge in [-0.05, 0) is 48.9 Å². The van der Waals surface area contributed by atoms with Gasteiger partial charge in [0.2, 0.25) is 0 Å². The maximum absolute atomic E-state index is 11.2. The highest BCUT2D eigenvalue weighted by atomic mass is 16.3. The molecule has 3 N–H and O–H groups in total. The van der Waals surface area contributed by atoms with E-state index in [4.69, 9.17) is 0 Å². The van der Waals surface area contributed by atoms with E-state index in [2.05, 4.69) is 23.8 Å². The number of H-pyrrole nitrogens is 2. The molecule has 0 atom stereocenters. The Hall–Kier alpha value is -1.81. The Bertz CT molecular complexity index is 635. The van der Waals surface area contributed by atoms with Gasteiger partial charge in [-0.3, -0.25) is 4.79 Å². The molecule has 0 bridgehead atoms. The van der Waals surface area contributed by atoms with Crippen LogP contribution in [0, 0.1) is 13.8 Å². The molecular formula is C16H22N2O2. The van der Waals surface area contributed by atoms with Crippen molar-refractivity contribution in [2.24, 2.45) is 0 Å². The van der Waals surface area contributed by atoms with E-state index in [-0.39, 0.29) is 6.61 Å². The Morgan fingerprint density at radius 2 is 1.55 bits per heavy atom. The SMILES string of the molecule is CCc1c(C=O)[nH]c(-c2[nH]c(CO)c(CC)c2C)c1C. The van der Waals surface area contributed by atoms with Crippen LogP contribution in [0.1, 0.15) is 52.3 Å². The molecule has 0 fully saturated rings. The van der Waals surface area contributed by atoms with Crippen LogP contribution in [0.4, 0.5) is 0 Å². The third-order valence-corrected chi connectivity index (χ3v) is 4.11. The molecule has 0 saturated heterocycles. The van der Waals surface area contributed by atoms with E-state index < -0.39 is 0 Å². The van der Waals surface area contributed by atoms with Crippen molar-refractivity contribution < 1.29 is 9.90 Å². The number of aromatic nitrogens is 2. The van der Waals surface area contributed by atoms with Gasteiger partial charge in [0.25, 0.3) is 0 Å². The first-order valence-electron chi connectivity index (χ1n) is 7.07. The highest BCUT2D eigenvalue weighted by Gasteiger charge is 2.19. The molecule has 108 valence electrons. The summed E-state index contributed by atoms with van der Waals surface area (Å²) in [6.45, 7) is 8.21. The quantitative estimate of drug-likeness (QED) is 0.733. The highest BCUT2D eigenvalue weighted by molar-refractivity contribution is 5.80. The highest BCUT2D eigenvalue weighted by Crippen LogP contribution is 2.32. The molecule has 0 unspecified atom stereocenters. The van der Waals surface area contributed by atoms with Crippen LogP contribution in [-0.4, -0.2) is 21.4 Å². The van der Waals surface area contributed by atoms with Gasteiger partial charge in [0, 0.05) is 5.69 Å². The average Bonchev–Trinajstić information content (AvgIpc) is 2.95. The van der Waals surface area contributed by atoms with E-state index in [1.165, 1.54) is 0 Å². The minimum Gasteiger partial charge on any atom is -0.390 e. The van der Waals surface area contributed by atoms with Crippen LogP contribution >= 0.6 is 0 Å². The molecule has 2 aromatic rings. The van der Waals surface area contributed by atoms with Crippen LogP contribution < -0.4 is 0 Å². The Morgan fingerprint density at radius 3 is 1.95 bits per heavy atom. The molecule has 0 aliphatic heterocycles. The van der Waals surface area contributed by atoms with E-state index in [0.29, 0.717) is 5.69 Å². The van der Waals surface area contributed by atoms with E-state index in [1.807, 2.05) is 13.8 Å². The summed E-state index contributed by atoms with van der Waals surface area (Å²) in [5, 5.41) is 9.46. The second-order valence-corrected chi connectivity index (χ2v) is 5.08. The van der Waals surface area contributed by atoms with E-state index in [0.717, 1.165) is 58.5 Å². The fraction of sp³-hybridized carbons (Fsp3) is 0.438. The Kier molecular flexibility index (Phi) is 4.14. The largest absolute Gasteiger partial charge is 0.390 e. The zero-order valence-corrected chi connectivity index (χ0v) is 12.6. The lowest BCUT2D eigenvalue weighted by molar-refractivity contribution is 0.111. The van der Waals surface area contributed by atoms with Crippen LogP contribution in [0.3, 0.4) is 0 Å². The fourth-order valence-corrected chi connectivity index (χ4v) is 3.02. The van der Waals surface area contributed by atoms with Crippen LogP contribution in [0.15, 0.2) is 0 Å². The Labute approximate surface area is 119 Å². The fourth-order valence-electron chi connectivity index (χ4n) is 3.02. The van der Waals surface area contributed by atoms with Crippen molar-refractivity contribution in [3.63, 3.8) is 0 Å². The lowest BCUT2D eigenvalue weighted by Crippen LogP contribution is -1.89. The molecule has 0 amide bonds. The van der Waals surface area contributed by atoms with Crippen LogP contribution in [-0.2, 0) is 19.4 Å². The summed E-state index contributed by atoms with van der Waals surface area (Å²) < 4.78 is 0. The lowest BCUT2D eigenvalue weighted by atomic mass is 10.0. The van der Waals surface area contributed by atoms with Crippen molar-refractivity contribution in [3.05, 3.63) is 33.6 Å². The molecule has 0 aliphatic carbocycles. The number of carbonyl (C=O) groups excluding carboxylic acids is 1. The van der Waals surface area contributed by atoms with Crippen LogP contribution in [0.5, 0.6) is 0 Å². The van der Waals surface area contributed by atoms with Crippen molar-refractivity contribution in [1.29, 1.82) is 0 Å². The Balaban J connectivity index is 2.66. The normalized spacial score (nSPS) is 11.1. The number of aldehydes is 1. The topological polar surface area (TPSA) is 68.9 Å². The second-order valence-electron chi connectivity index (χ2n) is 5.08. The zero-order chi connectivity index (χ0) is 14.9. The smallest absolute Gasteiger partial charge is 0.166 e. The van der Waals surface area contributed by atoms with E-state index >= 15 is 0 Å². The molecule has 0 saturated carbocycles.